The van der Waals surface area contributed by atoms with E-state index in [0.717, 1.165) is 38.9 Å². The molecule has 23 heavy (non-hydrogen) atoms. The van der Waals surface area contributed by atoms with Gasteiger partial charge < -0.3 is 15.0 Å². The Morgan fingerprint density at radius 1 is 1.39 bits per heavy atom. The molecule has 1 fully saturated rings. The van der Waals surface area contributed by atoms with Crippen LogP contribution in [0.5, 0.6) is 5.75 Å². The molecule has 0 aliphatic carbocycles. The monoisotopic (exact) mass is 344 g/mol. The van der Waals surface area contributed by atoms with Crippen LogP contribution in [0.1, 0.15) is 36.5 Å². The lowest BCUT2D eigenvalue weighted by molar-refractivity contribution is 0.0682. The van der Waals surface area contributed by atoms with Crippen LogP contribution in [-0.4, -0.2) is 44.1 Å². The molecule has 1 aliphatic heterocycles. The van der Waals surface area contributed by atoms with Crippen molar-refractivity contribution < 1.29 is 13.9 Å². The summed E-state index contributed by atoms with van der Waals surface area (Å²) in [5.74, 6) is 0.134. The first-order valence-corrected chi connectivity index (χ1v) is 8.02. The van der Waals surface area contributed by atoms with Crippen molar-refractivity contribution >= 4 is 18.3 Å². The van der Waals surface area contributed by atoms with Gasteiger partial charge in [0.15, 0.2) is 11.6 Å². The second-order valence-electron chi connectivity index (χ2n) is 5.68. The average Bonchev–Trinajstić information content (AvgIpc) is 2.55. The standard InChI is InChI=1S/C17H25FN2O2.ClH/c1-3-22-16-14(5-4-6-15(16)18)17(21)20-11-8-13(9-12-20)7-10-19-2;/h4-6,13,19H,3,7-12H2,1-2H3;1H. The zero-order valence-corrected chi connectivity index (χ0v) is 14.6. The highest BCUT2D eigenvalue weighted by atomic mass is 35.5. The lowest BCUT2D eigenvalue weighted by atomic mass is 9.93. The maximum Gasteiger partial charge on any atom is 0.257 e. The number of hydrogen-bond acceptors (Lipinski definition) is 3. The van der Waals surface area contributed by atoms with E-state index >= 15 is 0 Å². The summed E-state index contributed by atoms with van der Waals surface area (Å²) in [5, 5.41) is 3.16. The van der Waals surface area contributed by atoms with Crippen molar-refractivity contribution in [3.8, 4) is 5.75 Å². The highest BCUT2D eigenvalue weighted by molar-refractivity contribution is 5.97. The molecular formula is C17H26ClFN2O2. The average molecular weight is 345 g/mol. The molecule has 0 spiro atoms. The van der Waals surface area contributed by atoms with E-state index in [0.29, 0.717) is 18.1 Å². The fourth-order valence-corrected chi connectivity index (χ4v) is 2.91. The van der Waals surface area contributed by atoms with E-state index in [1.807, 2.05) is 11.9 Å². The van der Waals surface area contributed by atoms with Crippen LogP contribution in [0.25, 0.3) is 0 Å². The Morgan fingerprint density at radius 3 is 2.70 bits per heavy atom. The van der Waals surface area contributed by atoms with Crippen molar-refractivity contribution in [2.45, 2.75) is 26.2 Å². The van der Waals surface area contributed by atoms with Gasteiger partial charge in [-0.25, -0.2) is 4.39 Å². The maximum atomic E-state index is 13.9. The number of hydrogen-bond donors (Lipinski definition) is 1. The minimum absolute atomic E-state index is 0. The van der Waals surface area contributed by atoms with Crippen LogP contribution in [-0.2, 0) is 0 Å². The Hall–Kier alpha value is -1.33. The zero-order valence-electron chi connectivity index (χ0n) is 13.8. The van der Waals surface area contributed by atoms with Crippen LogP contribution in [0.4, 0.5) is 4.39 Å². The lowest BCUT2D eigenvalue weighted by Crippen LogP contribution is -2.39. The second kappa shape index (κ2) is 9.73. The summed E-state index contributed by atoms with van der Waals surface area (Å²) in [7, 11) is 1.96. The van der Waals surface area contributed by atoms with E-state index in [-0.39, 0.29) is 24.1 Å². The molecule has 1 aromatic rings. The van der Waals surface area contributed by atoms with Crippen molar-refractivity contribution in [3.63, 3.8) is 0 Å². The minimum Gasteiger partial charge on any atom is -0.490 e. The Labute approximate surface area is 143 Å². The molecule has 1 aromatic carbocycles. The van der Waals surface area contributed by atoms with Crippen LogP contribution in [0.2, 0.25) is 0 Å². The summed E-state index contributed by atoms with van der Waals surface area (Å²) in [5.41, 5.74) is 0.329. The molecule has 1 heterocycles. The summed E-state index contributed by atoms with van der Waals surface area (Å²) in [6.45, 7) is 4.60. The predicted octanol–water partition coefficient (Wildman–Crippen LogP) is 3.11. The number of carbonyl (C=O) groups is 1. The van der Waals surface area contributed by atoms with Crippen LogP contribution in [0.15, 0.2) is 18.2 Å². The topological polar surface area (TPSA) is 41.6 Å². The smallest absolute Gasteiger partial charge is 0.257 e. The van der Waals surface area contributed by atoms with Gasteiger partial charge in [-0.3, -0.25) is 4.79 Å². The molecule has 6 heteroatoms. The van der Waals surface area contributed by atoms with E-state index in [2.05, 4.69) is 5.32 Å². The highest BCUT2D eigenvalue weighted by Crippen LogP contribution is 2.27. The zero-order chi connectivity index (χ0) is 15.9. The molecule has 130 valence electrons. The quantitative estimate of drug-likeness (QED) is 0.862. The molecular weight excluding hydrogens is 319 g/mol. The van der Waals surface area contributed by atoms with Gasteiger partial charge >= 0.3 is 0 Å². The molecule has 0 unspecified atom stereocenters. The van der Waals surface area contributed by atoms with Gasteiger partial charge in [0.25, 0.3) is 5.91 Å². The van der Waals surface area contributed by atoms with Gasteiger partial charge in [0, 0.05) is 13.1 Å². The van der Waals surface area contributed by atoms with Crippen LogP contribution in [0, 0.1) is 11.7 Å². The number of amides is 1. The largest absolute Gasteiger partial charge is 0.490 e. The highest BCUT2D eigenvalue weighted by Gasteiger charge is 2.26. The van der Waals surface area contributed by atoms with Gasteiger partial charge in [-0.1, -0.05) is 6.07 Å². The number of halogens is 2. The molecule has 1 saturated heterocycles. The normalized spacial score (nSPS) is 15.2. The molecule has 0 aromatic heterocycles. The molecule has 1 N–H and O–H groups in total. The van der Waals surface area contributed by atoms with Crippen molar-refractivity contribution in [1.82, 2.24) is 10.2 Å². The molecule has 0 radical (unpaired) electrons. The number of nitrogens with one attached hydrogen (secondary N) is 1. The molecule has 1 amide bonds. The molecule has 0 bridgehead atoms. The fourth-order valence-electron chi connectivity index (χ4n) is 2.91. The summed E-state index contributed by atoms with van der Waals surface area (Å²) in [6, 6.07) is 4.53. The third kappa shape index (κ3) is 5.08. The number of likely N-dealkylation sites (tertiary alicyclic amines) is 1. The van der Waals surface area contributed by atoms with Crippen LogP contribution < -0.4 is 10.1 Å². The van der Waals surface area contributed by atoms with Gasteiger partial charge in [-0.2, -0.15) is 0 Å². The first-order chi connectivity index (χ1) is 10.7. The van der Waals surface area contributed by atoms with Gasteiger partial charge in [-0.05, 0) is 57.8 Å². The van der Waals surface area contributed by atoms with Crippen molar-refractivity contribution in [1.29, 1.82) is 0 Å². The SMILES string of the molecule is CCOc1c(F)cccc1C(=O)N1CCC(CCNC)CC1.Cl. The van der Waals surface area contributed by atoms with E-state index in [1.165, 1.54) is 6.07 Å². The fraction of sp³-hybridized carbons (Fsp3) is 0.588. The first kappa shape index (κ1) is 19.7. The third-order valence-corrected chi connectivity index (χ3v) is 4.19. The Morgan fingerprint density at radius 2 is 2.09 bits per heavy atom. The minimum atomic E-state index is -0.475. The van der Waals surface area contributed by atoms with Gasteiger partial charge in [0.1, 0.15) is 0 Å². The molecule has 1 aliphatic rings. The first-order valence-electron chi connectivity index (χ1n) is 8.02. The van der Waals surface area contributed by atoms with E-state index < -0.39 is 5.82 Å². The molecule has 0 saturated carbocycles. The number of ether oxygens (including phenoxy) is 1. The summed E-state index contributed by atoms with van der Waals surface area (Å²) in [6.07, 6.45) is 3.15. The second-order valence-corrected chi connectivity index (χ2v) is 5.68. The van der Waals surface area contributed by atoms with Crippen molar-refractivity contribution in [2.75, 3.05) is 33.3 Å². The summed E-state index contributed by atoms with van der Waals surface area (Å²) >= 11 is 0. The Kier molecular flexibility index (Phi) is 8.34. The third-order valence-electron chi connectivity index (χ3n) is 4.19. The van der Waals surface area contributed by atoms with Crippen LogP contribution in [0.3, 0.4) is 0 Å². The van der Waals surface area contributed by atoms with E-state index in [4.69, 9.17) is 4.74 Å². The van der Waals surface area contributed by atoms with E-state index in [1.54, 1.807) is 19.1 Å². The van der Waals surface area contributed by atoms with Crippen molar-refractivity contribution in [3.05, 3.63) is 29.6 Å². The lowest BCUT2D eigenvalue weighted by Gasteiger charge is -2.32. The number of carbonyl (C=O) groups excluding carboxylic acids is 1. The van der Waals surface area contributed by atoms with Gasteiger partial charge in [0.05, 0.1) is 12.2 Å². The predicted molar refractivity (Wildman–Crippen MR) is 92.0 cm³/mol. The van der Waals surface area contributed by atoms with E-state index in [9.17, 15) is 9.18 Å². The Balaban J connectivity index is 0.00000264. The molecule has 4 nitrogen and oxygen atoms in total. The van der Waals surface area contributed by atoms with Crippen molar-refractivity contribution in [2.24, 2.45) is 5.92 Å². The summed E-state index contributed by atoms with van der Waals surface area (Å²) < 4.78 is 19.2. The van der Waals surface area contributed by atoms with Crippen LogP contribution >= 0.6 is 12.4 Å². The maximum absolute atomic E-state index is 13.9. The number of piperidine rings is 1. The number of rotatable bonds is 6. The molecule has 2 rings (SSSR count). The van der Waals surface area contributed by atoms with Gasteiger partial charge in [-0.15, -0.1) is 12.4 Å². The number of para-hydroxylation sites is 1. The molecule has 0 atom stereocenters. The van der Waals surface area contributed by atoms with Gasteiger partial charge in [0.2, 0.25) is 0 Å². The number of nitrogens with zero attached hydrogens (tertiary/aromatic N) is 1. The number of benzene rings is 1. The summed E-state index contributed by atoms with van der Waals surface area (Å²) in [4.78, 5) is 14.4. The Bertz CT molecular complexity index is 505.